The maximum absolute atomic E-state index is 13.5. The van der Waals surface area contributed by atoms with Crippen LogP contribution in [0.4, 0.5) is 8.78 Å². The van der Waals surface area contributed by atoms with Gasteiger partial charge in [-0.3, -0.25) is 0 Å². The highest BCUT2D eigenvalue weighted by molar-refractivity contribution is 5.41. The Bertz CT molecular complexity index is 597. The molecule has 2 aromatic rings. The Labute approximate surface area is 111 Å². The van der Waals surface area contributed by atoms with E-state index in [1.54, 1.807) is 32.9 Å². The van der Waals surface area contributed by atoms with Crippen molar-refractivity contribution in [2.24, 2.45) is 0 Å². The molecule has 0 bridgehead atoms. The average Bonchev–Trinajstić information content (AvgIpc) is 2.31. The van der Waals surface area contributed by atoms with Gasteiger partial charge in [-0.05, 0) is 66.8 Å². The van der Waals surface area contributed by atoms with Gasteiger partial charge in [0.1, 0.15) is 17.7 Å². The predicted molar refractivity (Wildman–Crippen MR) is 71.1 cm³/mol. The standard InChI is InChI=1S/C16H16F2O/c1-9-4-5-12(8-14(9)18)16(19)15-10(2)6-13(17)7-11(15)3/h4-8,16,19H,1-3H3. The van der Waals surface area contributed by atoms with Crippen molar-refractivity contribution in [3.8, 4) is 0 Å². The Kier molecular flexibility index (Phi) is 3.67. The van der Waals surface area contributed by atoms with E-state index >= 15 is 0 Å². The number of hydrogen-bond acceptors (Lipinski definition) is 1. The van der Waals surface area contributed by atoms with Gasteiger partial charge in [-0.1, -0.05) is 12.1 Å². The number of aliphatic hydroxyl groups excluding tert-OH is 1. The zero-order valence-corrected chi connectivity index (χ0v) is 11.2. The number of halogens is 2. The van der Waals surface area contributed by atoms with Gasteiger partial charge in [-0.15, -0.1) is 0 Å². The molecule has 1 N–H and O–H groups in total. The van der Waals surface area contributed by atoms with Crippen LogP contribution in [-0.4, -0.2) is 5.11 Å². The topological polar surface area (TPSA) is 20.2 Å². The first-order valence-corrected chi connectivity index (χ1v) is 6.11. The summed E-state index contributed by atoms with van der Waals surface area (Å²) in [6.45, 7) is 5.14. The van der Waals surface area contributed by atoms with Crippen molar-refractivity contribution in [2.75, 3.05) is 0 Å². The van der Waals surface area contributed by atoms with Gasteiger partial charge in [-0.25, -0.2) is 8.78 Å². The Balaban J connectivity index is 2.49. The first kappa shape index (κ1) is 13.7. The van der Waals surface area contributed by atoms with E-state index in [2.05, 4.69) is 0 Å². The van der Waals surface area contributed by atoms with Gasteiger partial charge in [-0.2, -0.15) is 0 Å². The molecule has 0 aromatic heterocycles. The highest BCUT2D eigenvalue weighted by Gasteiger charge is 2.17. The number of aliphatic hydroxyl groups is 1. The van der Waals surface area contributed by atoms with E-state index in [4.69, 9.17) is 0 Å². The van der Waals surface area contributed by atoms with Crippen LogP contribution in [0.5, 0.6) is 0 Å². The number of aryl methyl sites for hydroxylation is 3. The van der Waals surface area contributed by atoms with Gasteiger partial charge in [0.15, 0.2) is 0 Å². The van der Waals surface area contributed by atoms with E-state index in [0.717, 1.165) is 0 Å². The van der Waals surface area contributed by atoms with E-state index in [1.165, 1.54) is 18.2 Å². The molecule has 0 radical (unpaired) electrons. The van der Waals surface area contributed by atoms with Gasteiger partial charge in [0.25, 0.3) is 0 Å². The molecule has 0 saturated carbocycles. The minimum Gasteiger partial charge on any atom is -0.384 e. The molecule has 0 spiro atoms. The van der Waals surface area contributed by atoms with E-state index < -0.39 is 6.10 Å². The van der Waals surface area contributed by atoms with Crippen LogP contribution in [0.15, 0.2) is 30.3 Å². The summed E-state index contributed by atoms with van der Waals surface area (Å²) in [7, 11) is 0. The summed E-state index contributed by atoms with van der Waals surface area (Å²) in [6.07, 6.45) is -0.948. The quantitative estimate of drug-likeness (QED) is 0.868. The zero-order valence-electron chi connectivity index (χ0n) is 11.2. The fourth-order valence-corrected chi connectivity index (χ4v) is 2.30. The van der Waals surface area contributed by atoms with E-state index in [1.807, 2.05) is 0 Å². The largest absolute Gasteiger partial charge is 0.384 e. The summed E-state index contributed by atoms with van der Waals surface area (Å²) < 4.78 is 26.8. The molecule has 1 unspecified atom stereocenters. The minimum absolute atomic E-state index is 0.332. The molecule has 100 valence electrons. The van der Waals surface area contributed by atoms with Crippen LogP contribution in [0.3, 0.4) is 0 Å². The third kappa shape index (κ3) is 2.66. The van der Waals surface area contributed by atoms with Crippen LogP contribution in [0.1, 0.15) is 33.9 Å². The van der Waals surface area contributed by atoms with Crippen molar-refractivity contribution in [2.45, 2.75) is 26.9 Å². The van der Waals surface area contributed by atoms with Gasteiger partial charge in [0.2, 0.25) is 0 Å². The van der Waals surface area contributed by atoms with Crippen molar-refractivity contribution in [3.63, 3.8) is 0 Å². The molecule has 1 atom stereocenters. The summed E-state index contributed by atoms with van der Waals surface area (Å²) in [5.41, 5.74) is 2.95. The molecule has 0 aliphatic heterocycles. The van der Waals surface area contributed by atoms with Crippen LogP contribution < -0.4 is 0 Å². The van der Waals surface area contributed by atoms with E-state index in [-0.39, 0.29) is 11.6 Å². The lowest BCUT2D eigenvalue weighted by Gasteiger charge is -2.17. The fourth-order valence-electron chi connectivity index (χ4n) is 2.30. The van der Waals surface area contributed by atoms with Crippen molar-refractivity contribution < 1.29 is 13.9 Å². The lowest BCUT2D eigenvalue weighted by Crippen LogP contribution is -2.06. The monoisotopic (exact) mass is 262 g/mol. The Morgan fingerprint density at radius 1 is 0.895 bits per heavy atom. The molecule has 19 heavy (non-hydrogen) atoms. The molecule has 2 aromatic carbocycles. The fraction of sp³-hybridized carbons (Fsp3) is 0.250. The number of hydrogen-bond donors (Lipinski definition) is 1. The first-order valence-electron chi connectivity index (χ1n) is 6.11. The molecule has 3 heteroatoms. The second-order valence-corrected chi connectivity index (χ2v) is 4.86. The molecule has 0 heterocycles. The first-order chi connectivity index (χ1) is 8.90. The molecule has 0 fully saturated rings. The van der Waals surface area contributed by atoms with Crippen LogP contribution in [0.25, 0.3) is 0 Å². The smallest absolute Gasteiger partial charge is 0.126 e. The molecular weight excluding hydrogens is 246 g/mol. The minimum atomic E-state index is -0.948. The Morgan fingerprint density at radius 2 is 1.47 bits per heavy atom. The summed E-state index contributed by atoms with van der Waals surface area (Å²) in [6, 6.07) is 7.38. The van der Waals surface area contributed by atoms with Gasteiger partial charge in [0, 0.05) is 0 Å². The number of rotatable bonds is 2. The van der Waals surface area contributed by atoms with Gasteiger partial charge < -0.3 is 5.11 Å². The van der Waals surface area contributed by atoms with Gasteiger partial charge >= 0.3 is 0 Å². The van der Waals surface area contributed by atoms with Crippen molar-refractivity contribution >= 4 is 0 Å². The predicted octanol–water partition coefficient (Wildman–Crippen LogP) is 3.97. The molecular formula is C16H16F2O. The van der Waals surface area contributed by atoms with Crippen LogP contribution in [0.2, 0.25) is 0 Å². The SMILES string of the molecule is Cc1ccc(C(O)c2c(C)cc(F)cc2C)cc1F. The van der Waals surface area contributed by atoms with Gasteiger partial charge in [0.05, 0.1) is 0 Å². The highest BCUT2D eigenvalue weighted by atomic mass is 19.1. The maximum Gasteiger partial charge on any atom is 0.126 e. The maximum atomic E-state index is 13.5. The second-order valence-electron chi connectivity index (χ2n) is 4.86. The lowest BCUT2D eigenvalue weighted by atomic mass is 9.93. The molecule has 0 amide bonds. The summed E-state index contributed by atoms with van der Waals surface area (Å²) >= 11 is 0. The van der Waals surface area contributed by atoms with Crippen molar-refractivity contribution in [1.82, 2.24) is 0 Å². The molecule has 1 nitrogen and oxygen atoms in total. The van der Waals surface area contributed by atoms with E-state index in [0.29, 0.717) is 27.8 Å². The third-order valence-electron chi connectivity index (χ3n) is 3.34. The molecule has 0 aliphatic carbocycles. The van der Waals surface area contributed by atoms with Crippen LogP contribution >= 0.6 is 0 Å². The Morgan fingerprint density at radius 3 is 2.00 bits per heavy atom. The molecule has 2 rings (SSSR count). The van der Waals surface area contributed by atoms with Crippen LogP contribution in [0, 0.1) is 32.4 Å². The normalized spacial score (nSPS) is 12.5. The third-order valence-corrected chi connectivity index (χ3v) is 3.34. The molecule has 0 saturated heterocycles. The summed E-state index contributed by atoms with van der Waals surface area (Å²) in [5, 5.41) is 10.4. The van der Waals surface area contributed by atoms with E-state index in [9.17, 15) is 13.9 Å². The summed E-state index contributed by atoms with van der Waals surface area (Å²) in [4.78, 5) is 0. The second kappa shape index (κ2) is 5.10. The number of benzene rings is 2. The summed E-state index contributed by atoms with van der Waals surface area (Å²) in [5.74, 6) is -0.685. The zero-order chi connectivity index (χ0) is 14.2. The van der Waals surface area contributed by atoms with Crippen molar-refractivity contribution in [1.29, 1.82) is 0 Å². The highest BCUT2D eigenvalue weighted by Crippen LogP contribution is 2.29. The Hall–Kier alpha value is -1.74. The molecule has 0 aliphatic rings. The van der Waals surface area contributed by atoms with Crippen molar-refractivity contribution in [3.05, 3.63) is 69.8 Å². The lowest BCUT2D eigenvalue weighted by molar-refractivity contribution is 0.218. The average molecular weight is 262 g/mol. The van der Waals surface area contributed by atoms with Crippen LogP contribution in [-0.2, 0) is 0 Å².